The summed E-state index contributed by atoms with van der Waals surface area (Å²) in [5.41, 5.74) is 0. The van der Waals surface area contributed by atoms with Crippen molar-refractivity contribution in [1.82, 2.24) is 20.2 Å². The van der Waals surface area contributed by atoms with Gasteiger partial charge in [0.2, 0.25) is 11.8 Å². The topological polar surface area (TPSA) is 90.5 Å². The number of aromatic nitrogens is 2. The van der Waals surface area contributed by atoms with Crippen molar-refractivity contribution in [1.29, 1.82) is 0 Å². The summed E-state index contributed by atoms with van der Waals surface area (Å²) in [6, 6.07) is 1.96. The summed E-state index contributed by atoms with van der Waals surface area (Å²) in [4.78, 5) is 36.9. The fraction of sp³-hybridized carbons (Fsp3) is 0.647. The molecule has 2 amide bonds. The van der Waals surface area contributed by atoms with Gasteiger partial charge in [-0.2, -0.15) is 0 Å². The third-order valence-corrected chi connectivity index (χ3v) is 4.71. The molecule has 136 valence electrons. The highest BCUT2D eigenvalue weighted by Gasteiger charge is 2.30. The smallest absolute Gasteiger partial charge is 0.227 e. The van der Waals surface area contributed by atoms with Crippen LogP contribution in [0.2, 0.25) is 0 Å². The minimum atomic E-state index is -0.0779. The number of carbonyl (C=O) groups excluding carboxylic acids is 2. The first-order valence-electron chi connectivity index (χ1n) is 8.97. The van der Waals surface area contributed by atoms with Crippen molar-refractivity contribution in [2.24, 2.45) is 5.92 Å². The number of carbonyl (C=O) groups is 2. The second-order valence-electron chi connectivity index (χ2n) is 6.54. The number of nitrogens with zero attached hydrogens (tertiary/aromatic N) is 4. The van der Waals surface area contributed by atoms with Crippen molar-refractivity contribution >= 4 is 23.5 Å². The standard InChI is InChI=1S/C17H26N6O2/c1-3-18-14-10-15(21-12(2)20-14)22-6-8-23(9-7-22)17(25)13-4-5-16(24)19-11-13/h10,13H,3-9,11H2,1-2H3,(H,19,24)(H,18,20,21). The Bertz CT molecular complexity index is 632. The van der Waals surface area contributed by atoms with Crippen molar-refractivity contribution in [3.8, 4) is 0 Å². The van der Waals surface area contributed by atoms with Crippen LogP contribution in [0, 0.1) is 12.8 Å². The Morgan fingerprint density at radius 2 is 2.08 bits per heavy atom. The molecule has 1 aromatic rings. The molecule has 0 radical (unpaired) electrons. The minimum absolute atomic E-state index is 0.0458. The second-order valence-corrected chi connectivity index (χ2v) is 6.54. The minimum Gasteiger partial charge on any atom is -0.370 e. The maximum atomic E-state index is 12.6. The van der Waals surface area contributed by atoms with Crippen molar-refractivity contribution in [2.75, 3.05) is 49.5 Å². The average molecular weight is 346 g/mol. The van der Waals surface area contributed by atoms with Crippen molar-refractivity contribution in [2.45, 2.75) is 26.7 Å². The molecule has 3 rings (SSSR count). The van der Waals surface area contributed by atoms with E-state index in [4.69, 9.17) is 0 Å². The predicted octanol–water partition coefficient (Wildman–Crippen LogP) is 0.392. The van der Waals surface area contributed by atoms with E-state index in [-0.39, 0.29) is 17.7 Å². The zero-order valence-electron chi connectivity index (χ0n) is 14.9. The van der Waals surface area contributed by atoms with E-state index in [1.807, 2.05) is 24.8 Å². The van der Waals surface area contributed by atoms with Gasteiger partial charge in [-0.25, -0.2) is 9.97 Å². The summed E-state index contributed by atoms with van der Waals surface area (Å²) < 4.78 is 0. The number of nitrogens with one attached hydrogen (secondary N) is 2. The molecule has 2 fully saturated rings. The summed E-state index contributed by atoms with van der Waals surface area (Å²) in [6.07, 6.45) is 1.10. The lowest BCUT2D eigenvalue weighted by Gasteiger charge is -2.37. The maximum absolute atomic E-state index is 12.6. The number of aryl methyl sites for hydroxylation is 1. The van der Waals surface area contributed by atoms with Gasteiger partial charge in [0, 0.05) is 51.8 Å². The number of amides is 2. The highest BCUT2D eigenvalue weighted by Crippen LogP contribution is 2.20. The Morgan fingerprint density at radius 1 is 1.32 bits per heavy atom. The highest BCUT2D eigenvalue weighted by molar-refractivity contribution is 5.84. The van der Waals surface area contributed by atoms with E-state index < -0.39 is 0 Å². The Balaban J connectivity index is 1.58. The van der Waals surface area contributed by atoms with Crippen LogP contribution >= 0.6 is 0 Å². The first-order chi connectivity index (χ1) is 12.1. The third-order valence-electron chi connectivity index (χ3n) is 4.71. The molecule has 0 spiro atoms. The van der Waals surface area contributed by atoms with Crippen LogP contribution in [0.4, 0.5) is 11.6 Å². The van der Waals surface area contributed by atoms with Crippen LogP contribution in [0.3, 0.4) is 0 Å². The molecule has 2 aliphatic rings. The number of rotatable bonds is 4. The van der Waals surface area contributed by atoms with Gasteiger partial charge in [-0.1, -0.05) is 0 Å². The third kappa shape index (κ3) is 4.18. The number of piperidine rings is 1. The first kappa shape index (κ1) is 17.4. The fourth-order valence-electron chi connectivity index (χ4n) is 3.34. The second kappa shape index (κ2) is 7.67. The molecule has 1 unspecified atom stereocenters. The van der Waals surface area contributed by atoms with Gasteiger partial charge in [0.05, 0.1) is 5.92 Å². The normalized spacial score (nSPS) is 21.0. The molecule has 0 bridgehead atoms. The molecule has 2 N–H and O–H groups in total. The molecule has 2 saturated heterocycles. The molecule has 25 heavy (non-hydrogen) atoms. The number of anilines is 2. The molecule has 1 atom stereocenters. The number of hydrogen-bond acceptors (Lipinski definition) is 6. The summed E-state index contributed by atoms with van der Waals surface area (Å²) >= 11 is 0. The summed E-state index contributed by atoms with van der Waals surface area (Å²) in [5, 5.41) is 6.02. The Hall–Kier alpha value is -2.38. The van der Waals surface area contributed by atoms with Gasteiger partial charge in [0.1, 0.15) is 17.5 Å². The van der Waals surface area contributed by atoms with E-state index in [1.54, 1.807) is 0 Å². The molecule has 0 saturated carbocycles. The van der Waals surface area contributed by atoms with Gasteiger partial charge >= 0.3 is 0 Å². The van der Waals surface area contributed by atoms with Gasteiger partial charge in [-0.15, -0.1) is 0 Å². The quantitative estimate of drug-likeness (QED) is 0.820. The molecule has 3 heterocycles. The van der Waals surface area contributed by atoms with E-state index in [1.165, 1.54) is 0 Å². The number of hydrogen-bond donors (Lipinski definition) is 2. The average Bonchev–Trinajstić information content (AvgIpc) is 2.62. The van der Waals surface area contributed by atoms with E-state index >= 15 is 0 Å². The van der Waals surface area contributed by atoms with Gasteiger partial charge in [-0.3, -0.25) is 9.59 Å². The molecule has 0 aromatic carbocycles. The van der Waals surface area contributed by atoms with E-state index in [0.29, 0.717) is 32.5 Å². The SMILES string of the molecule is CCNc1cc(N2CCN(C(=O)C3CCC(=O)NC3)CC2)nc(C)n1. The summed E-state index contributed by atoms with van der Waals surface area (Å²) in [6.45, 7) is 8.09. The lowest BCUT2D eigenvalue weighted by atomic mass is 9.97. The Morgan fingerprint density at radius 3 is 2.72 bits per heavy atom. The molecule has 0 aliphatic carbocycles. The zero-order chi connectivity index (χ0) is 17.8. The zero-order valence-corrected chi connectivity index (χ0v) is 14.9. The maximum Gasteiger partial charge on any atom is 0.227 e. The van der Waals surface area contributed by atoms with Crippen molar-refractivity contribution in [3.63, 3.8) is 0 Å². The lowest BCUT2D eigenvalue weighted by molar-refractivity contribution is -0.137. The van der Waals surface area contributed by atoms with Crippen LogP contribution in [0.1, 0.15) is 25.6 Å². The van der Waals surface area contributed by atoms with E-state index in [9.17, 15) is 9.59 Å². The fourth-order valence-corrected chi connectivity index (χ4v) is 3.34. The van der Waals surface area contributed by atoms with Gasteiger partial charge in [-0.05, 0) is 20.3 Å². The largest absolute Gasteiger partial charge is 0.370 e. The summed E-state index contributed by atoms with van der Waals surface area (Å²) in [7, 11) is 0. The van der Waals surface area contributed by atoms with Crippen LogP contribution in [0.5, 0.6) is 0 Å². The highest BCUT2D eigenvalue weighted by atomic mass is 16.2. The molecule has 8 nitrogen and oxygen atoms in total. The van der Waals surface area contributed by atoms with Gasteiger partial charge in [0.25, 0.3) is 0 Å². The predicted molar refractivity (Wildman–Crippen MR) is 95.5 cm³/mol. The first-order valence-corrected chi connectivity index (χ1v) is 8.97. The summed E-state index contributed by atoms with van der Waals surface area (Å²) in [5.74, 6) is 2.61. The van der Waals surface area contributed by atoms with Crippen LogP contribution in [0.15, 0.2) is 6.07 Å². The van der Waals surface area contributed by atoms with Gasteiger partial charge < -0.3 is 20.4 Å². The van der Waals surface area contributed by atoms with E-state index in [0.717, 1.165) is 37.1 Å². The van der Waals surface area contributed by atoms with Crippen LogP contribution in [-0.4, -0.2) is 66.0 Å². The van der Waals surface area contributed by atoms with Crippen LogP contribution in [-0.2, 0) is 9.59 Å². The number of piperazine rings is 1. The van der Waals surface area contributed by atoms with Crippen molar-refractivity contribution < 1.29 is 9.59 Å². The monoisotopic (exact) mass is 346 g/mol. The molecule has 8 heteroatoms. The molecular weight excluding hydrogens is 320 g/mol. The van der Waals surface area contributed by atoms with Crippen molar-refractivity contribution in [3.05, 3.63) is 11.9 Å². The molecule has 1 aromatic heterocycles. The lowest BCUT2D eigenvalue weighted by Crippen LogP contribution is -2.52. The molecule has 2 aliphatic heterocycles. The molecular formula is C17H26N6O2. The van der Waals surface area contributed by atoms with E-state index in [2.05, 4.69) is 25.5 Å². The van der Waals surface area contributed by atoms with Crippen LogP contribution < -0.4 is 15.5 Å². The Labute approximate surface area is 148 Å². The Kier molecular flexibility index (Phi) is 5.35. The van der Waals surface area contributed by atoms with Crippen LogP contribution in [0.25, 0.3) is 0 Å². The van der Waals surface area contributed by atoms with Gasteiger partial charge in [0.15, 0.2) is 0 Å².